The van der Waals surface area contributed by atoms with Gasteiger partial charge in [-0.2, -0.15) is 0 Å². The Kier molecular flexibility index (Phi) is 4.85. The minimum atomic E-state index is -0.526. The Morgan fingerprint density at radius 2 is 1.57 bits per heavy atom. The molecule has 0 radical (unpaired) electrons. The molecule has 0 aliphatic rings. The van der Waals surface area contributed by atoms with Crippen LogP contribution in [0.15, 0.2) is 54.6 Å². The standard InChI is InChI=1S/C21H20OTe/c1-14-11-15(2)21(16(3)12-14)19(22)13-23-20-10-6-8-17-7-4-5-9-18(17)20/h4-12H,13H2,1-3H3. The van der Waals surface area contributed by atoms with Crippen LogP contribution in [0.2, 0.25) is 4.47 Å². The van der Waals surface area contributed by atoms with E-state index >= 15 is 0 Å². The number of ketones is 1. The van der Waals surface area contributed by atoms with Crippen LogP contribution < -0.4 is 3.61 Å². The molecule has 0 saturated carbocycles. The van der Waals surface area contributed by atoms with Gasteiger partial charge in [-0.1, -0.05) is 0 Å². The number of aryl methyl sites for hydroxylation is 3. The summed E-state index contributed by atoms with van der Waals surface area (Å²) < 4.78 is 2.06. The Morgan fingerprint density at radius 3 is 2.30 bits per heavy atom. The van der Waals surface area contributed by atoms with Gasteiger partial charge in [-0.3, -0.25) is 0 Å². The molecule has 3 aromatic carbocycles. The van der Waals surface area contributed by atoms with Crippen LogP contribution in [0.1, 0.15) is 27.0 Å². The van der Waals surface area contributed by atoms with E-state index in [-0.39, 0.29) is 0 Å². The second-order valence-electron chi connectivity index (χ2n) is 5.96. The first kappa shape index (κ1) is 16.2. The van der Waals surface area contributed by atoms with Gasteiger partial charge in [0.15, 0.2) is 0 Å². The van der Waals surface area contributed by atoms with Gasteiger partial charge in [-0.15, -0.1) is 0 Å². The molecule has 0 unspecified atom stereocenters. The molecule has 3 rings (SSSR count). The SMILES string of the molecule is Cc1cc(C)c(C(=O)C[Te]c2cccc3ccccc23)c(C)c1. The molecule has 23 heavy (non-hydrogen) atoms. The third-order valence-corrected chi connectivity index (χ3v) is 7.13. The number of hydrogen-bond donors (Lipinski definition) is 0. The Bertz CT molecular complexity index is 852. The van der Waals surface area contributed by atoms with E-state index < -0.39 is 20.9 Å². The number of carbonyl (C=O) groups excluding carboxylic acids is 1. The molecule has 0 saturated heterocycles. The number of rotatable bonds is 4. The van der Waals surface area contributed by atoms with E-state index in [1.807, 2.05) is 13.8 Å². The monoisotopic (exact) mass is 418 g/mol. The fraction of sp³-hybridized carbons (Fsp3) is 0.190. The summed E-state index contributed by atoms with van der Waals surface area (Å²) in [6.45, 7) is 6.18. The Labute approximate surface area is 147 Å². The predicted octanol–water partition coefficient (Wildman–Crippen LogP) is 4.40. The zero-order chi connectivity index (χ0) is 16.4. The normalized spacial score (nSPS) is 10.9. The first-order chi connectivity index (χ1) is 11.1. The topological polar surface area (TPSA) is 17.1 Å². The molecule has 0 amide bonds. The average molecular weight is 416 g/mol. The summed E-state index contributed by atoms with van der Waals surface area (Å²) in [7, 11) is 0. The van der Waals surface area contributed by atoms with E-state index in [4.69, 9.17) is 0 Å². The first-order valence-electron chi connectivity index (χ1n) is 7.78. The van der Waals surface area contributed by atoms with Crippen LogP contribution in [0, 0.1) is 20.8 Å². The van der Waals surface area contributed by atoms with Crippen LogP contribution >= 0.6 is 0 Å². The van der Waals surface area contributed by atoms with Crippen LogP contribution in [0.5, 0.6) is 0 Å². The number of carbonyl (C=O) groups is 1. The minimum absolute atomic E-state index is 0.301. The Morgan fingerprint density at radius 1 is 0.913 bits per heavy atom. The summed E-state index contributed by atoms with van der Waals surface area (Å²) in [5.41, 5.74) is 4.37. The summed E-state index contributed by atoms with van der Waals surface area (Å²) in [4.78, 5) is 12.7. The molecule has 0 fully saturated rings. The molecule has 0 N–H and O–H groups in total. The molecule has 0 atom stereocenters. The summed E-state index contributed by atoms with van der Waals surface area (Å²) in [5, 5.41) is 2.58. The van der Waals surface area contributed by atoms with E-state index in [0.29, 0.717) is 10.3 Å². The molecule has 0 aliphatic carbocycles. The molecular weight excluding hydrogens is 396 g/mol. The van der Waals surface area contributed by atoms with Crippen molar-refractivity contribution in [1.29, 1.82) is 0 Å². The Balaban J connectivity index is 1.84. The molecule has 0 spiro atoms. The summed E-state index contributed by atoms with van der Waals surface area (Å²) in [5.74, 6) is 0.301. The average Bonchev–Trinajstić information content (AvgIpc) is 2.52. The summed E-state index contributed by atoms with van der Waals surface area (Å²) in [6, 6.07) is 19.1. The van der Waals surface area contributed by atoms with Crippen molar-refractivity contribution in [2.75, 3.05) is 0 Å². The first-order valence-corrected chi connectivity index (χ1v) is 10.6. The van der Waals surface area contributed by atoms with Crippen LogP contribution in [-0.2, 0) is 0 Å². The zero-order valence-electron chi connectivity index (χ0n) is 13.7. The van der Waals surface area contributed by atoms with Gasteiger partial charge in [0.1, 0.15) is 0 Å². The summed E-state index contributed by atoms with van der Waals surface area (Å²) >= 11 is -0.526. The van der Waals surface area contributed by atoms with Gasteiger partial charge in [0.2, 0.25) is 0 Å². The molecule has 1 nitrogen and oxygen atoms in total. The van der Waals surface area contributed by atoms with Crippen molar-refractivity contribution in [2.24, 2.45) is 0 Å². The van der Waals surface area contributed by atoms with Crippen molar-refractivity contribution in [2.45, 2.75) is 25.2 Å². The van der Waals surface area contributed by atoms with Crippen LogP contribution in [0.4, 0.5) is 0 Å². The van der Waals surface area contributed by atoms with Crippen LogP contribution in [0.3, 0.4) is 0 Å². The fourth-order valence-corrected chi connectivity index (χ4v) is 5.86. The quantitative estimate of drug-likeness (QED) is 0.456. The van der Waals surface area contributed by atoms with Gasteiger partial charge in [-0.25, -0.2) is 0 Å². The van der Waals surface area contributed by atoms with Crippen molar-refractivity contribution >= 4 is 41.1 Å². The molecule has 0 bridgehead atoms. The van der Waals surface area contributed by atoms with Crippen molar-refractivity contribution in [3.8, 4) is 0 Å². The van der Waals surface area contributed by atoms with E-state index in [1.54, 1.807) is 0 Å². The molecule has 0 aliphatic heterocycles. The van der Waals surface area contributed by atoms with Crippen molar-refractivity contribution in [3.05, 3.63) is 76.9 Å². The van der Waals surface area contributed by atoms with Gasteiger partial charge >= 0.3 is 148 Å². The van der Waals surface area contributed by atoms with E-state index in [2.05, 4.69) is 61.5 Å². The molecular formula is C21H20OTe. The van der Waals surface area contributed by atoms with Gasteiger partial charge in [0.05, 0.1) is 0 Å². The van der Waals surface area contributed by atoms with Gasteiger partial charge in [0.25, 0.3) is 0 Å². The van der Waals surface area contributed by atoms with E-state index in [9.17, 15) is 4.79 Å². The third-order valence-electron chi connectivity index (χ3n) is 4.06. The molecule has 3 aromatic rings. The molecule has 2 heteroatoms. The predicted molar refractivity (Wildman–Crippen MR) is 99.1 cm³/mol. The number of benzene rings is 3. The number of fused-ring (bicyclic) bond motifs is 1. The number of Topliss-reactive ketones (excluding diaryl/α,β-unsaturated/α-hetero) is 1. The van der Waals surface area contributed by atoms with Crippen molar-refractivity contribution in [1.82, 2.24) is 0 Å². The van der Waals surface area contributed by atoms with Crippen LogP contribution in [0.25, 0.3) is 10.8 Å². The van der Waals surface area contributed by atoms with E-state index in [1.165, 1.54) is 19.9 Å². The number of hydrogen-bond acceptors (Lipinski definition) is 1. The van der Waals surface area contributed by atoms with Crippen molar-refractivity contribution in [3.63, 3.8) is 0 Å². The maximum atomic E-state index is 12.7. The summed E-state index contributed by atoms with van der Waals surface area (Å²) in [6.07, 6.45) is 0. The maximum absolute atomic E-state index is 12.7. The fourth-order valence-electron chi connectivity index (χ4n) is 3.16. The zero-order valence-corrected chi connectivity index (χ0v) is 16.1. The van der Waals surface area contributed by atoms with Gasteiger partial charge in [-0.05, 0) is 0 Å². The second kappa shape index (κ2) is 6.87. The van der Waals surface area contributed by atoms with Crippen LogP contribution in [-0.4, -0.2) is 26.7 Å². The third kappa shape index (κ3) is 3.50. The Hall–Kier alpha value is -1.62. The molecule has 116 valence electrons. The second-order valence-corrected chi connectivity index (χ2v) is 8.87. The molecule has 0 aromatic heterocycles. The van der Waals surface area contributed by atoms with E-state index in [0.717, 1.165) is 16.7 Å². The van der Waals surface area contributed by atoms with Gasteiger partial charge in [0, 0.05) is 0 Å². The van der Waals surface area contributed by atoms with Crippen molar-refractivity contribution < 1.29 is 4.79 Å². The molecule has 0 heterocycles. The van der Waals surface area contributed by atoms with Gasteiger partial charge < -0.3 is 0 Å².